The molecule has 1 fully saturated rings. The Morgan fingerprint density at radius 2 is 1.96 bits per heavy atom. The lowest BCUT2D eigenvalue weighted by Gasteiger charge is -2.28. The Labute approximate surface area is 156 Å². The van der Waals surface area contributed by atoms with Crippen LogP contribution in [0.5, 0.6) is 11.5 Å². The highest BCUT2D eigenvalue weighted by molar-refractivity contribution is 5.82. The summed E-state index contributed by atoms with van der Waals surface area (Å²) >= 11 is 0. The number of nitrogens with one attached hydrogen (secondary N) is 1. The number of hydrogen-bond acceptors (Lipinski definition) is 5. The Bertz CT molecular complexity index is 585. The lowest BCUT2D eigenvalue weighted by atomic mass is 9.91. The number of carbonyl (C=O) groups is 1. The molecular weight excluding hydrogens is 332 g/mol. The van der Waals surface area contributed by atoms with Crippen molar-refractivity contribution in [2.24, 2.45) is 17.6 Å². The van der Waals surface area contributed by atoms with E-state index in [-0.39, 0.29) is 17.9 Å². The molecule has 1 aromatic carbocycles. The van der Waals surface area contributed by atoms with Crippen LogP contribution < -0.4 is 20.5 Å². The minimum absolute atomic E-state index is 0.122. The summed E-state index contributed by atoms with van der Waals surface area (Å²) in [5.74, 6) is 1.87. The van der Waals surface area contributed by atoms with Crippen LogP contribution in [-0.4, -0.2) is 38.9 Å². The van der Waals surface area contributed by atoms with E-state index in [4.69, 9.17) is 19.9 Å². The molecule has 0 radical (unpaired) electrons. The molecule has 0 aliphatic carbocycles. The van der Waals surface area contributed by atoms with Crippen LogP contribution in [0.15, 0.2) is 18.2 Å². The van der Waals surface area contributed by atoms with Crippen LogP contribution in [0.2, 0.25) is 0 Å². The first-order chi connectivity index (χ1) is 12.4. The Kier molecular flexibility index (Phi) is 7.72. The third-order valence-electron chi connectivity index (χ3n) is 4.70. The van der Waals surface area contributed by atoms with E-state index in [1.54, 1.807) is 7.11 Å². The van der Waals surface area contributed by atoms with Gasteiger partial charge in [0.25, 0.3) is 0 Å². The number of hydrogen-bond donors (Lipinski definition) is 2. The van der Waals surface area contributed by atoms with Crippen molar-refractivity contribution in [3.05, 3.63) is 23.8 Å². The van der Waals surface area contributed by atoms with Gasteiger partial charge in [-0.1, -0.05) is 19.9 Å². The number of methoxy groups -OCH3 is 1. The number of ether oxygens (including phenoxy) is 3. The molecule has 1 saturated heterocycles. The molecule has 3 N–H and O–H groups in total. The van der Waals surface area contributed by atoms with Crippen LogP contribution in [0.1, 0.15) is 45.2 Å². The molecule has 0 aromatic heterocycles. The average molecular weight is 364 g/mol. The van der Waals surface area contributed by atoms with Crippen molar-refractivity contribution in [3.63, 3.8) is 0 Å². The van der Waals surface area contributed by atoms with Gasteiger partial charge in [0.1, 0.15) is 0 Å². The second-order valence-corrected chi connectivity index (χ2v) is 7.32. The number of benzene rings is 1. The Morgan fingerprint density at radius 1 is 1.27 bits per heavy atom. The van der Waals surface area contributed by atoms with Crippen molar-refractivity contribution < 1.29 is 19.0 Å². The van der Waals surface area contributed by atoms with Gasteiger partial charge in [0.15, 0.2) is 11.5 Å². The largest absolute Gasteiger partial charge is 0.493 e. The molecule has 6 heteroatoms. The van der Waals surface area contributed by atoms with E-state index in [0.717, 1.165) is 18.4 Å². The molecule has 0 saturated carbocycles. The summed E-state index contributed by atoms with van der Waals surface area (Å²) in [5.41, 5.74) is 7.10. The van der Waals surface area contributed by atoms with Gasteiger partial charge in [-0.05, 0) is 49.3 Å². The predicted octanol–water partition coefficient (Wildman–Crippen LogP) is 2.66. The van der Waals surface area contributed by atoms with Gasteiger partial charge in [-0.2, -0.15) is 0 Å². The lowest BCUT2D eigenvalue weighted by Crippen LogP contribution is -2.47. The number of nitrogens with two attached hydrogens (primary N) is 1. The van der Waals surface area contributed by atoms with E-state index < -0.39 is 6.04 Å². The smallest absolute Gasteiger partial charge is 0.237 e. The molecule has 146 valence electrons. The monoisotopic (exact) mass is 364 g/mol. The molecule has 0 spiro atoms. The molecule has 6 nitrogen and oxygen atoms in total. The van der Waals surface area contributed by atoms with Gasteiger partial charge < -0.3 is 25.3 Å². The van der Waals surface area contributed by atoms with E-state index in [1.807, 2.05) is 25.1 Å². The molecule has 2 unspecified atom stereocenters. The van der Waals surface area contributed by atoms with Gasteiger partial charge in [-0.3, -0.25) is 4.79 Å². The van der Waals surface area contributed by atoms with Crippen molar-refractivity contribution in [1.29, 1.82) is 0 Å². The summed E-state index contributed by atoms with van der Waals surface area (Å²) in [6, 6.07) is 5.07. The molecule has 2 atom stereocenters. The normalized spacial score (nSPS) is 17.6. The number of rotatable bonds is 8. The number of amides is 1. The van der Waals surface area contributed by atoms with E-state index in [9.17, 15) is 4.79 Å². The summed E-state index contributed by atoms with van der Waals surface area (Å²) < 4.78 is 16.6. The Hall–Kier alpha value is -1.79. The third-order valence-corrected chi connectivity index (χ3v) is 4.70. The van der Waals surface area contributed by atoms with Crippen molar-refractivity contribution >= 4 is 5.91 Å². The fraction of sp³-hybridized carbons (Fsp3) is 0.650. The quantitative estimate of drug-likeness (QED) is 0.741. The maximum Gasteiger partial charge on any atom is 0.237 e. The molecule has 1 aliphatic heterocycles. The second kappa shape index (κ2) is 9.78. The van der Waals surface area contributed by atoms with Crippen molar-refractivity contribution in [3.8, 4) is 11.5 Å². The van der Waals surface area contributed by atoms with Gasteiger partial charge >= 0.3 is 0 Å². The van der Waals surface area contributed by atoms with Gasteiger partial charge in [0, 0.05) is 13.2 Å². The SMILES string of the molecule is COc1cc(C(C)NC(=O)C(N)C2CCOCC2)ccc1OCC(C)C. The van der Waals surface area contributed by atoms with Gasteiger partial charge in [0.05, 0.1) is 25.8 Å². The van der Waals surface area contributed by atoms with Gasteiger partial charge in [0.2, 0.25) is 5.91 Å². The van der Waals surface area contributed by atoms with Crippen molar-refractivity contribution in [1.82, 2.24) is 5.32 Å². The summed E-state index contributed by atoms with van der Waals surface area (Å²) in [6.07, 6.45) is 1.66. The molecule has 26 heavy (non-hydrogen) atoms. The van der Waals surface area contributed by atoms with Crippen LogP contribution in [-0.2, 0) is 9.53 Å². The third kappa shape index (κ3) is 5.61. The molecule has 2 rings (SSSR count). The summed E-state index contributed by atoms with van der Waals surface area (Å²) in [7, 11) is 1.62. The molecule has 1 amide bonds. The zero-order valence-corrected chi connectivity index (χ0v) is 16.3. The van der Waals surface area contributed by atoms with Gasteiger partial charge in [-0.15, -0.1) is 0 Å². The van der Waals surface area contributed by atoms with Crippen LogP contribution in [0.25, 0.3) is 0 Å². The first-order valence-electron chi connectivity index (χ1n) is 9.36. The first-order valence-corrected chi connectivity index (χ1v) is 9.36. The van der Waals surface area contributed by atoms with E-state index >= 15 is 0 Å². The lowest BCUT2D eigenvalue weighted by molar-refractivity contribution is -0.125. The molecular formula is C20H32N2O4. The Balaban J connectivity index is 1.99. The predicted molar refractivity (Wildman–Crippen MR) is 101 cm³/mol. The summed E-state index contributed by atoms with van der Waals surface area (Å²) in [6.45, 7) is 8.12. The Morgan fingerprint density at radius 3 is 2.58 bits per heavy atom. The highest BCUT2D eigenvalue weighted by Gasteiger charge is 2.27. The highest BCUT2D eigenvalue weighted by Crippen LogP contribution is 2.30. The van der Waals surface area contributed by atoms with E-state index in [1.165, 1.54) is 0 Å². The van der Waals surface area contributed by atoms with Gasteiger partial charge in [-0.25, -0.2) is 0 Å². The average Bonchev–Trinajstić information content (AvgIpc) is 2.66. The summed E-state index contributed by atoms with van der Waals surface area (Å²) in [5, 5.41) is 3.01. The minimum atomic E-state index is -0.503. The highest BCUT2D eigenvalue weighted by atomic mass is 16.5. The fourth-order valence-corrected chi connectivity index (χ4v) is 3.01. The van der Waals surface area contributed by atoms with Crippen LogP contribution in [0.3, 0.4) is 0 Å². The zero-order valence-electron chi connectivity index (χ0n) is 16.3. The van der Waals surface area contributed by atoms with Crippen LogP contribution in [0, 0.1) is 11.8 Å². The molecule has 1 aromatic rings. The standard InChI is InChI=1S/C20H32N2O4/c1-13(2)12-26-17-6-5-16(11-18(17)24-4)14(3)22-20(23)19(21)15-7-9-25-10-8-15/h5-6,11,13-15,19H,7-10,12,21H2,1-4H3,(H,22,23). The van der Waals surface area contributed by atoms with Crippen LogP contribution >= 0.6 is 0 Å². The maximum atomic E-state index is 12.5. The fourth-order valence-electron chi connectivity index (χ4n) is 3.01. The van der Waals surface area contributed by atoms with E-state index in [2.05, 4.69) is 19.2 Å². The first kappa shape index (κ1) is 20.5. The number of carbonyl (C=O) groups excluding carboxylic acids is 1. The van der Waals surface area contributed by atoms with Crippen LogP contribution in [0.4, 0.5) is 0 Å². The second-order valence-electron chi connectivity index (χ2n) is 7.32. The molecule has 1 heterocycles. The topological polar surface area (TPSA) is 82.8 Å². The van der Waals surface area contributed by atoms with E-state index in [0.29, 0.717) is 37.2 Å². The minimum Gasteiger partial charge on any atom is -0.493 e. The van der Waals surface area contributed by atoms with Crippen molar-refractivity contribution in [2.75, 3.05) is 26.9 Å². The maximum absolute atomic E-state index is 12.5. The molecule has 1 aliphatic rings. The molecule has 0 bridgehead atoms. The zero-order chi connectivity index (χ0) is 19.1. The van der Waals surface area contributed by atoms with Crippen molar-refractivity contribution in [2.45, 2.75) is 45.7 Å². The summed E-state index contributed by atoms with van der Waals surface area (Å²) in [4.78, 5) is 12.5.